The fourth-order valence-corrected chi connectivity index (χ4v) is 2.24. The van der Waals surface area contributed by atoms with Gasteiger partial charge < -0.3 is 20.1 Å². The van der Waals surface area contributed by atoms with Crippen LogP contribution in [-0.2, 0) is 11.3 Å². The Labute approximate surface area is 121 Å². The van der Waals surface area contributed by atoms with E-state index in [1.165, 1.54) is 11.5 Å². The normalized spacial score (nSPS) is 10.8. The number of nitrogens with zero attached hydrogens (tertiary/aromatic N) is 1. The predicted molar refractivity (Wildman–Crippen MR) is 80.7 cm³/mol. The van der Waals surface area contributed by atoms with Crippen LogP contribution in [0.5, 0.6) is 11.5 Å². The molecular formula is C15H18N2O4. The van der Waals surface area contributed by atoms with Crippen LogP contribution in [0.3, 0.4) is 0 Å². The van der Waals surface area contributed by atoms with Crippen molar-refractivity contribution in [3.05, 3.63) is 28.6 Å². The second kappa shape index (κ2) is 5.87. The molecule has 3 N–H and O–H groups in total. The van der Waals surface area contributed by atoms with E-state index in [1.807, 2.05) is 6.92 Å². The lowest BCUT2D eigenvalue weighted by Crippen LogP contribution is -2.20. The summed E-state index contributed by atoms with van der Waals surface area (Å²) in [6, 6.07) is 4.79. The Morgan fingerprint density at radius 1 is 1.29 bits per heavy atom. The standard InChI is InChI=1S/C15H18N2O4/c1-3-4-7-17-12-8-10(16-9(2)18)5-6-11(12)13(19)14(20)15(17)21/h5-6,8,19-20H,3-4,7H2,1-2H3,(H,16,18). The van der Waals surface area contributed by atoms with Crippen molar-refractivity contribution in [1.29, 1.82) is 0 Å². The zero-order chi connectivity index (χ0) is 15.6. The van der Waals surface area contributed by atoms with Gasteiger partial charge in [0, 0.05) is 24.5 Å². The van der Waals surface area contributed by atoms with Crippen molar-refractivity contribution in [3.8, 4) is 11.5 Å². The van der Waals surface area contributed by atoms with Crippen molar-refractivity contribution in [3.63, 3.8) is 0 Å². The number of aromatic nitrogens is 1. The predicted octanol–water partition coefficient (Wildman–Crippen LogP) is 2.17. The molecule has 0 fully saturated rings. The number of carbonyl (C=O) groups excluding carboxylic acids is 1. The number of amides is 1. The third-order valence-electron chi connectivity index (χ3n) is 3.27. The Balaban J connectivity index is 2.70. The molecule has 0 radical (unpaired) electrons. The minimum Gasteiger partial charge on any atom is -0.504 e. The van der Waals surface area contributed by atoms with Crippen LogP contribution in [-0.4, -0.2) is 20.7 Å². The van der Waals surface area contributed by atoms with Gasteiger partial charge in [0.2, 0.25) is 11.7 Å². The molecule has 0 spiro atoms. The number of carbonyl (C=O) groups is 1. The second-order valence-electron chi connectivity index (χ2n) is 4.92. The molecule has 6 heteroatoms. The van der Waals surface area contributed by atoms with Crippen LogP contribution >= 0.6 is 0 Å². The minimum absolute atomic E-state index is 0.222. The number of aromatic hydroxyl groups is 2. The summed E-state index contributed by atoms with van der Waals surface area (Å²) in [6.45, 7) is 3.82. The zero-order valence-electron chi connectivity index (χ0n) is 12.0. The molecule has 0 aliphatic rings. The summed E-state index contributed by atoms with van der Waals surface area (Å²) in [6.07, 6.45) is 1.66. The number of fused-ring (bicyclic) bond motifs is 1. The van der Waals surface area contributed by atoms with Crippen LogP contribution in [0.4, 0.5) is 5.69 Å². The quantitative estimate of drug-likeness (QED) is 0.804. The molecule has 0 aliphatic carbocycles. The highest BCUT2D eigenvalue weighted by Crippen LogP contribution is 2.32. The number of hydrogen-bond donors (Lipinski definition) is 3. The Hall–Kier alpha value is -2.50. The van der Waals surface area contributed by atoms with Crippen LogP contribution in [0.15, 0.2) is 23.0 Å². The monoisotopic (exact) mass is 290 g/mol. The zero-order valence-corrected chi connectivity index (χ0v) is 12.0. The molecule has 0 saturated heterocycles. The Kier molecular flexibility index (Phi) is 4.16. The molecule has 1 aromatic carbocycles. The first-order valence-electron chi connectivity index (χ1n) is 6.81. The third kappa shape index (κ3) is 2.84. The first-order chi connectivity index (χ1) is 9.95. The van der Waals surface area contributed by atoms with Crippen molar-refractivity contribution >= 4 is 22.5 Å². The van der Waals surface area contributed by atoms with Gasteiger partial charge in [-0.05, 0) is 24.6 Å². The van der Waals surface area contributed by atoms with Gasteiger partial charge in [-0.3, -0.25) is 9.59 Å². The van der Waals surface area contributed by atoms with Crippen LogP contribution in [0, 0.1) is 0 Å². The van der Waals surface area contributed by atoms with E-state index in [9.17, 15) is 19.8 Å². The SMILES string of the molecule is CCCCn1c(=O)c(O)c(O)c2ccc(NC(C)=O)cc21. The van der Waals surface area contributed by atoms with E-state index in [1.54, 1.807) is 18.2 Å². The summed E-state index contributed by atoms with van der Waals surface area (Å²) in [4.78, 5) is 23.2. The molecule has 2 rings (SSSR count). The largest absolute Gasteiger partial charge is 0.504 e. The van der Waals surface area contributed by atoms with Gasteiger partial charge in [0.15, 0.2) is 5.75 Å². The second-order valence-corrected chi connectivity index (χ2v) is 4.92. The van der Waals surface area contributed by atoms with E-state index in [0.29, 0.717) is 23.1 Å². The first kappa shape index (κ1) is 14.9. The summed E-state index contributed by atoms with van der Waals surface area (Å²) < 4.78 is 1.42. The number of unbranched alkanes of at least 4 members (excludes halogenated alkanes) is 1. The molecule has 1 amide bonds. The summed E-state index contributed by atoms with van der Waals surface area (Å²) in [5.41, 5.74) is 0.383. The van der Waals surface area contributed by atoms with Gasteiger partial charge in [0.25, 0.3) is 5.56 Å². The molecule has 0 bridgehead atoms. The highest BCUT2D eigenvalue weighted by Gasteiger charge is 2.15. The summed E-state index contributed by atoms with van der Waals surface area (Å²) in [7, 11) is 0. The fraction of sp³-hybridized carbons (Fsp3) is 0.333. The fourth-order valence-electron chi connectivity index (χ4n) is 2.24. The number of rotatable bonds is 4. The maximum absolute atomic E-state index is 12.1. The van der Waals surface area contributed by atoms with Crippen LogP contribution in [0.25, 0.3) is 10.9 Å². The smallest absolute Gasteiger partial charge is 0.297 e. The third-order valence-corrected chi connectivity index (χ3v) is 3.27. The van der Waals surface area contributed by atoms with E-state index < -0.39 is 17.1 Å². The molecule has 0 atom stereocenters. The Morgan fingerprint density at radius 3 is 2.62 bits per heavy atom. The van der Waals surface area contributed by atoms with Gasteiger partial charge in [-0.1, -0.05) is 13.3 Å². The maximum atomic E-state index is 12.1. The van der Waals surface area contributed by atoms with Crippen molar-refractivity contribution < 1.29 is 15.0 Å². The molecule has 2 aromatic rings. The number of benzene rings is 1. The number of hydrogen-bond acceptors (Lipinski definition) is 4. The number of anilines is 1. The van der Waals surface area contributed by atoms with Crippen molar-refractivity contribution in [2.75, 3.05) is 5.32 Å². The Bertz CT molecular complexity index is 749. The van der Waals surface area contributed by atoms with Crippen molar-refractivity contribution in [2.24, 2.45) is 0 Å². The maximum Gasteiger partial charge on any atom is 0.297 e. The molecule has 1 aromatic heterocycles. The van der Waals surface area contributed by atoms with Gasteiger partial charge in [-0.25, -0.2) is 0 Å². The molecule has 0 saturated carbocycles. The molecule has 21 heavy (non-hydrogen) atoms. The highest BCUT2D eigenvalue weighted by atomic mass is 16.3. The topological polar surface area (TPSA) is 91.6 Å². The number of pyridine rings is 1. The van der Waals surface area contributed by atoms with Gasteiger partial charge in [-0.2, -0.15) is 0 Å². The highest BCUT2D eigenvalue weighted by molar-refractivity contribution is 5.94. The lowest BCUT2D eigenvalue weighted by atomic mass is 10.1. The molecular weight excluding hydrogens is 272 g/mol. The Morgan fingerprint density at radius 2 is 2.00 bits per heavy atom. The average molecular weight is 290 g/mol. The lowest BCUT2D eigenvalue weighted by molar-refractivity contribution is -0.114. The molecule has 112 valence electrons. The van der Waals surface area contributed by atoms with Crippen LogP contribution in [0.2, 0.25) is 0 Å². The van der Waals surface area contributed by atoms with E-state index in [2.05, 4.69) is 5.32 Å². The van der Waals surface area contributed by atoms with E-state index >= 15 is 0 Å². The summed E-state index contributed by atoms with van der Waals surface area (Å²) >= 11 is 0. The van der Waals surface area contributed by atoms with Gasteiger partial charge in [0.05, 0.1) is 5.52 Å². The van der Waals surface area contributed by atoms with E-state index in [4.69, 9.17) is 0 Å². The molecule has 1 heterocycles. The van der Waals surface area contributed by atoms with E-state index in [-0.39, 0.29) is 5.91 Å². The van der Waals surface area contributed by atoms with Crippen molar-refractivity contribution in [2.45, 2.75) is 33.2 Å². The summed E-state index contributed by atoms with van der Waals surface area (Å²) in [5.74, 6) is -1.30. The molecule has 6 nitrogen and oxygen atoms in total. The molecule has 0 aliphatic heterocycles. The summed E-state index contributed by atoms with van der Waals surface area (Å²) in [5, 5.41) is 22.7. The number of nitrogens with one attached hydrogen (secondary N) is 1. The van der Waals surface area contributed by atoms with Crippen molar-refractivity contribution in [1.82, 2.24) is 4.57 Å². The lowest BCUT2D eigenvalue weighted by Gasteiger charge is -2.13. The van der Waals surface area contributed by atoms with Crippen LogP contribution < -0.4 is 10.9 Å². The van der Waals surface area contributed by atoms with Gasteiger partial charge in [-0.15, -0.1) is 0 Å². The molecule has 0 unspecified atom stereocenters. The number of aryl methyl sites for hydroxylation is 1. The average Bonchev–Trinajstić information content (AvgIpc) is 2.44. The first-order valence-corrected chi connectivity index (χ1v) is 6.81. The van der Waals surface area contributed by atoms with Gasteiger partial charge in [0.1, 0.15) is 0 Å². The van der Waals surface area contributed by atoms with Gasteiger partial charge >= 0.3 is 0 Å². The minimum atomic E-state index is -0.647. The van der Waals surface area contributed by atoms with Crippen LogP contribution in [0.1, 0.15) is 26.7 Å². The van der Waals surface area contributed by atoms with E-state index in [0.717, 1.165) is 12.8 Å².